The molecule has 6 rings (SSSR count). The number of para-hydroxylation sites is 1. The number of Topliss-reactive ketones (excluding diaryl/α,β-unsaturated/α-hetero) is 1. The molecule has 1 saturated heterocycles. The van der Waals surface area contributed by atoms with Crippen molar-refractivity contribution < 1.29 is 14.3 Å². The van der Waals surface area contributed by atoms with Gasteiger partial charge in [-0.15, -0.1) is 23.1 Å². The number of hydrogen-bond acceptors (Lipinski definition) is 7. The van der Waals surface area contributed by atoms with Gasteiger partial charge in [0.25, 0.3) is 0 Å². The summed E-state index contributed by atoms with van der Waals surface area (Å²) in [7, 11) is 0. The Morgan fingerprint density at radius 1 is 1.00 bits per heavy atom. The number of thioether (sulfide) groups is 1. The first-order valence-electron chi connectivity index (χ1n) is 10.4. The molecule has 4 heterocycles. The van der Waals surface area contributed by atoms with Gasteiger partial charge in [0, 0.05) is 28.8 Å². The number of benzene rings is 2. The van der Waals surface area contributed by atoms with Crippen molar-refractivity contribution in [3.05, 3.63) is 109 Å². The van der Waals surface area contributed by atoms with Gasteiger partial charge < -0.3 is 14.4 Å². The Kier molecular flexibility index (Phi) is 4.74. The van der Waals surface area contributed by atoms with E-state index in [-0.39, 0.29) is 22.7 Å². The van der Waals surface area contributed by atoms with Gasteiger partial charge in [-0.2, -0.15) is 0 Å². The molecule has 2 aromatic heterocycles. The molecule has 0 amide bonds. The molecule has 0 atom stereocenters. The van der Waals surface area contributed by atoms with Gasteiger partial charge in [-0.05, 0) is 23.6 Å². The standard InChI is InChI=1S/C26H17NO4S2/c28-23(15-7-2-1-3-8-15)19-20-22(16-9-4-5-10-17(16)31-26(20)30)27-12-14-33-25(27)21(19)24(29)18-11-6-13-32-18/h1-11,13,28H,12,14H2. The second-order valence-corrected chi connectivity index (χ2v) is 9.72. The average molecular weight is 472 g/mol. The molecule has 4 aromatic rings. The highest BCUT2D eigenvalue weighted by molar-refractivity contribution is 8.03. The third kappa shape index (κ3) is 3.08. The normalized spacial score (nSPS) is 16.7. The molecule has 0 unspecified atom stereocenters. The first kappa shape index (κ1) is 20.1. The Balaban J connectivity index is 1.76. The summed E-state index contributed by atoms with van der Waals surface area (Å²) in [6.07, 6.45) is 0. The van der Waals surface area contributed by atoms with Gasteiger partial charge >= 0.3 is 5.63 Å². The van der Waals surface area contributed by atoms with Gasteiger partial charge in [-0.25, -0.2) is 4.79 Å². The van der Waals surface area contributed by atoms with Crippen molar-refractivity contribution in [2.24, 2.45) is 0 Å². The summed E-state index contributed by atoms with van der Waals surface area (Å²) >= 11 is 2.90. The maximum absolute atomic E-state index is 13.8. The minimum atomic E-state index is -0.575. The summed E-state index contributed by atoms with van der Waals surface area (Å²) in [6.45, 7) is 0.654. The van der Waals surface area contributed by atoms with Crippen LogP contribution in [0.1, 0.15) is 20.8 Å². The minimum absolute atomic E-state index is 0.112. The topological polar surface area (TPSA) is 70.8 Å². The first-order chi connectivity index (χ1) is 16.1. The van der Waals surface area contributed by atoms with E-state index in [1.165, 1.54) is 11.3 Å². The summed E-state index contributed by atoms with van der Waals surface area (Å²) in [5.74, 6) is 0.443. The fourth-order valence-electron chi connectivity index (χ4n) is 4.42. The molecule has 7 heteroatoms. The lowest BCUT2D eigenvalue weighted by Gasteiger charge is -2.31. The van der Waals surface area contributed by atoms with Gasteiger partial charge in [0.2, 0.25) is 5.78 Å². The number of ketones is 1. The van der Waals surface area contributed by atoms with Crippen LogP contribution in [0, 0.1) is 0 Å². The molecule has 2 aliphatic rings. The van der Waals surface area contributed by atoms with Crippen molar-refractivity contribution in [3.63, 3.8) is 0 Å². The van der Waals surface area contributed by atoms with Crippen LogP contribution in [-0.4, -0.2) is 23.2 Å². The first-order valence-corrected chi connectivity index (χ1v) is 12.3. The largest absolute Gasteiger partial charge is 0.507 e. The van der Waals surface area contributed by atoms with E-state index in [1.54, 1.807) is 36.0 Å². The number of fused-ring (bicyclic) bond motifs is 5. The Hall–Kier alpha value is -3.55. The van der Waals surface area contributed by atoms with E-state index >= 15 is 0 Å². The second kappa shape index (κ2) is 7.79. The molecule has 0 aliphatic carbocycles. The Labute approximate surface area is 197 Å². The quantitative estimate of drug-likeness (QED) is 0.226. The van der Waals surface area contributed by atoms with Crippen LogP contribution in [0.2, 0.25) is 0 Å². The molecule has 1 fully saturated rings. The fourth-order valence-corrected chi connectivity index (χ4v) is 6.23. The molecule has 0 spiro atoms. The lowest BCUT2D eigenvalue weighted by molar-refractivity contribution is 0.104. The lowest BCUT2D eigenvalue weighted by Crippen LogP contribution is -2.30. The van der Waals surface area contributed by atoms with Crippen molar-refractivity contribution in [3.8, 4) is 0 Å². The second-order valence-electron chi connectivity index (χ2n) is 7.69. The van der Waals surface area contributed by atoms with Gasteiger partial charge in [0.15, 0.2) is 0 Å². The molecule has 2 aliphatic heterocycles. The molecule has 162 valence electrons. The van der Waals surface area contributed by atoms with Crippen LogP contribution in [0.25, 0.3) is 22.3 Å². The highest BCUT2D eigenvalue weighted by atomic mass is 32.2. The predicted molar refractivity (Wildman–Crippen MR) is 134 cm³/mol. The van der Waals surface area contributed by atoms with E-state index in [0.29, 0.717) is 33.8 Å². The molecular weight excluding hydrogens is 454 g/mol. The van der Waals surface area contributed by atoms with Crippen LogP contribution in [0.3, 0.4) is 0 Å². The monoisotopic (exact) mass is 471 g/mol. The molecule has 0 radical (unpaired) electrons. The highest BCUT2D eigenvalue weighted by Crippen LogP contribution is 2.51. The van der Waals surface area contributed by atoms with Gasteiger partial charge in [0.05, 0.1) is 26.7 Å². The van der Waals surface area contributed by atoms with E-state index in [1.807, 2.05) is 52.7 Å². The molecule has 1 N–H and O–H groups in total. The van der Waals surface area contributed by atoms with Crippen molar-refractivity contribution >= 4 is 56.9 Å². The number of anilines is 1. The van der Waals surface area contributed by atoms with Crippen molar-refractivity contribution in [1.29, 1.82) is 0 Å². The van der Waals surface area contributed by atoms with Gasteiger partial charge in [0.1, 0.15) is 11.3 Å². The predicted octanol–water partition coefficient (Wildman–Crippen LogP) is 5.94. The SMILES string of the molecule is O=C(C1=C2SCCN2c2c(c(=O)oc3ccccc23)C1=C(O)c1ccccc1)c1cccs1. The summed E-state index contributed by atoms with van der Waals surface area (Å²) in [5, 5.41) is 14.9. The van der Waals surface area contributed by atoms with Crippen molar-refractivity contribution in [2.45, 2.75) is 0 Å². The van der Waals surface area contributed by atoms with Crippen molar-refractivity contribution in [2.75, 3.05) is 17.2 Å². The third-order valence-electron chi connectivity index (χ3n) is 5.82. The molecule has 33 heavy (non-hydrogen) atoms. The zero-order valence-electron chi connectivity index (χ0n) is 17.3. The average Bonchev–Trinajstić information content (AvgIpc) is 3.55. The van der Waals surface area contributed by atoms with Crippen LogP contribution < -0.4 is 10.5 Å². The smallest absolute Gasteiger partial charge is 0.346 e. The third-order valence-corrected chi connectivity index (χ3v) is 7.78. The van der Waals surface area contributed by atoms with E-state index in [9.17, 15) is 14.7 Å². The zero-order chi connectivity index (χ0) is 22.5. The number of rotatable bonds is 3. The molecular formula is C26H17NO4S2. The van der Waals surface area contributed by atoms with Crippen LogP contribution in [0.4, 0.5) is 5.69 Å². The number of allylic oxidation sites excluding steroid dienone is 2. The summed E-state index contributed by atoms with van der Waals surface area (Å²) < 4.78 is 5.68. The number of nitrogens with zero attached hydrogens (tertiary/aromatic N) is 1. The van der Waals surface area contributed by atoms with Gasteiger partial charge in [-0.1, -0.05) is 48.5 Å². The number of carbonyl (C=O) groups excluding carboxylic acids is 1. The minimum Gasteiger partial charge on any atom is -0.507 e. The van der Waals surface area contributed by atoms with Crippen LogP contribution in [0.5, 0.6) is 0 Å². The summed E-state index contributed by atoms with van der Waals surface area (Å²) in [6, 6.07) is 19.9. The van der Waals surface area contributed by atoms with Crippen LogP contribution >= 0.6 is 23.1 Å². The van der Waals surface area contributed by atoms with E-state index < -0.39 is 5.63 Å². The number of aliphatic hydroxyl groups is 1. The number of aliphatic hydroxyl groups excluding tert-OH is 1. The Bertz CT molecular complexity index is 1530. The Morgan fingerprint density at radius 3 is 2.58 bits per heavy atom. The van der Waals surface area contributed by atoms with Crippen LogP contribution in [0.15, 0.2) is 91.9 Å². The van der Waals surface area contributed by atoms with Crippen molar-refractivity contribution in [1.82, 2.24) is 0 Å². The Morgan fingerprint density at radius 2 is 1.79 bits per heavy atom. The molecule has 2 aromatic carbocycles. The lowest BCUT2D eigenvalue weighted by atomic mass is 9.87. The number of thiophene rings is 1. The maximum Gasteiger partial charge on any atom is 0.346 e. The maximum atomic E-state index is 13.8. The molecule has 0 bridgehead atoms. The summed E-state index contributed by atoms with van der Waals surface area (Å²) in [5.41, 5.74) is 1.91. The summed E-state index contributed by atoms with van der Waals surface area (Å²) in [4.78, 5) is 29.7. The number of hydrogen-bond donors (Lipinski definition) is 1. The van der Waals surface area contributed by atoms with E-state index in [0.717, 1.165) is 16.2 Å². The van der Waals surface area contributed by atoms with Gasteiger partial charge in [-0.3, -0.25) is 4.79 Å². The van der Waals surface area contributed by atoms with E-state index in [2.05, 4.69) is 0 Å². The molecule has 0 saturated carbocycles. The highest BCUT2D eigenvalue weighted by Gasteiger charge is 2.41. The van der Waals surface area contributed by atoms with Crippen LogP contribution in [-0.2, 0) is 0 Å². The molecule has 5 nitrogen and oxygen atoms in total. The fraction of sp³-hybridized carbons (Fsp3) is 0.0769. The zero-order valence-corrected chi connectivity index (χ0v) is 18.9. The number of carbonyl (C=O) groups is 1. The van der Waals surface area contributed by atoms with E-state index in [4.69, 9.17) is 4.42 Å².